The molecule has 6 heteroatoms. The monoisotopic (exact) mass is 1150 g/mol. The quantitative estimate of drug-likeness (QED) is 0.0261. The number of esters is 3. The van der Waals surface area contributed by atoms with E-state index in [0.717, 1.165) is 64.2 Å². The molecule has 6 nitrogen and oxygen atoms in total. The second kappa shape index (κ2) is 70.9. The number of hydrogen-bond donors (Lipinski definition) is 0. The van der Waals surface area contributed by atoms with E-state index in [1.807, 2.05) is 6.08 Å². The molecule has 82 heavy (non-hydrogen) atoms. The Morgan fingerprint density at radius 3 is 0.744 bits per heavy atom. The van der Waals surface area contributed by atoms with Crippen LogP contribution in [0.5, 0.6) is 0 Å². The largest absolute Gasteiger partial charge is 0.462 e. The summed E-state index contributed by atoms with van der Waals surface area (Å²) in [5.74, 6) is -0.949. The van der Waals surface area contributed by atoms with Gasteiger partial charge in [-0.1, -0.05) is 384 Å². The van der Waals surface area contributed by atoms with Gasteiger partial charge in [-0.3, -0.25) is 14.4 Å². The Labute approximate surface area is 511 Å². The number of rotatable bonds is 68. The highest BCUT2D eigenvalue weighted by atomic mass is 16.6. The summed E-state index contributed by atoms with van der Waals surface area (Å²) in [6, 6.07) is 0. The molecule has 0 N–H and O–H groups in total. The van der Waals surface area contributed by atoms with Gasteiger partial charge < -0.3 is 14.2 Å². The van der Waals surface area contributed by atoms with Gasteiger partial charge in [0, 0.05) is 19.3 Å². The zero-order valence-electron chi connectivity index (χ0n) is 55.3. The van der Waals surface area contributed by atoms with Crippen LogP contribution in [0.1, 0.15) is 400 Å². The Kier molecular flexibility index (Phi) is 68.6. The van der Waals surface area contributed by atoms with Crippen molar-refractivity contribution in [1.29, 1.82) is 0 Å². The second-order valence-corrected chi connectivity index (χ2v) is 24.8. The van der Waals surface area contributed by atoms with Gasteiger partial charge in [-0.05, 0) is 44.9 Å². The summed E-state index contributed by atoms with van der Waals surface area (Å²) in [6.07, 6.45) is 90.5. The van der Waals surface area contributed by atoms with E-state index in [0.29, 0.717) is 19.3 Å². The van der Waals surface area contributed by atoms with Gasteiger partial charge in [0.1, 0.15) is 13.2 Å². The Morgan fingerprint density at radius 1 is 0.256 bits per heavy atom. The van der Waals surface area contributed by atoms with E-state index in [9.17, 15) is 14.4 Å². The molecule has 0 saturated carbocycles. The van der Waals surface area contributed by atoms with E-state index in [1.165, 1.54) is 289 Å². The second-order valence-electron chi connectivity index (χ2n) is 24.8. The fraction of sp³-hybridized carbons (Fsp3) is 0.855. The zero-order valence-corrected chi connectivity index (χ0v) is 55.3. The van der Waals surface area contributed by atoms with Crippen molar-refractivity contribution in [3.63, 3.8) is 0 Å². The molecule has 0 saturated heterocycles. The molecule has 0 aliphatic heterocycles. The molecule has 0 bridgehead atoms. The summed E-state index contributed by atoms with van der Waals surface area (Å²) in [6.45, 7) is 6.53. The predicted octanol–water partition coefficient (Wildman–Crippen LogP) is 25.3. The minimum Gasteiger partial charge on any atom is -0.462 e. The van der Waals surface area contributed by atoms with Crippen molar-refractivity contribution in [3.8, 4) is 0 Å². The van der Waals surface area contributed by atoms with Gasteiger partial charge in [0.05, 0.1) is 0 Å². The Balaban J connectivity index is 4.10. The molecular formula is C76H140O6. The van der Waals surface area contributed by atoms with Crippen molar-refractivity contribution in [3.05, 3.63) is 48.6 Å². The molecule has 0 aliphatic rings. The van der Waals surface area contributed by atoms with Crippen molar-refractivity contribution < 1.29 is 28.6 Å². The molecule has 1 atom stereocenters. The lowest BCUT2D eigenvalue weighted by Crippen LogP contribution is -2.30. The predicted molar refractivity (Wildman–Crippen MR) is 358 cm³/mol. The van der Waals surface area contributed by atoms with Gasteiger partial charge in [0.2, 0.25) is 0 Å². The lowest BCUT2D eigenvalue weighted by molar-refractivity contribution is -0.166. The maximum absolute atomic E-state index is 12.9. The Hall–Kier alpha value is -2.63. The van der Waals surface area contributed by atoms with E-state index in [1.54, 1.807) is 0 Å². The van der Waals surface area contributed by atoms with Crippen LogP contribution in [0.4, 0.5) is 0 Å². The number of hydrogen-bond acceptors (Lipinski definition) is 6. The first-order chi connectivity index (χ1) is 40.5. The molecular weight excluding hydrogens is 1010 g/mol. The van der Waals surface area contributed by atoms with Crippen LogP contribution < -0.4 is 0 Å². The molecule has 0 radical (unpaired) electrons. The van der Waals surface area contributed by atoms with Crippen LogP contribution in [0.25, 0.3) is 0 Å². The number of ether oxygens (including phenoxy) is 3. The molecule has 0 amide bonds. The van der Waals surface area contributed by atoms with E-state index in [2.05, 4.69) is 63.3 Å². The minimum absolute atomic E-state index is 0.0898. The lowest BCUT2D eigenvalue weighted by Gasteiger charge is -2.18. The summed E-state index contributed by atoms with van der Waals surface area (Å²) < 4.78 is 16.9. The standard InChI is InChI=1S/C76H140O6/c1-4-7-10-13-16-19-22-25-27-29-30-31-32-33-34-35-36-37-38-39-40-41-42-43-44-45-47-48-51-54-57-60-63-66-69-75(78)81-72-73(71-80-74(77)68-65-62-59-56-53-50-24-21-18-15-12-9-6-3)82-76(79)70-67-64-61-58-55-52-49-46-28-26-23-20-17-14-11-8-5-2/h9,12,18,21,50,53,59,62,73H,4-8,10-11,13-17,19-20,22-49,51-52,54-58,60-61,63-72H2,1-3H3/b12-9-,21-18-,53-50-,62-59-. The van der Waals surface area contributed by atoms with Crippen molar-refractivity contribution in [1.82, 2.24) is 0 Å². The number of carbonyl (C=O) groups excluding carboxylic acids is 3. The molecule has 1 unspecified atom stereocenters. The molecule has 0 aliphatic carbocycles. The van der Waals surface area contributed by atoms with Gasteiger partial charge in [0.25, 0.3) is 0 Å². The number of unbranched alkanes of at least 4 members (excludes halogenated alkanes) is 49. The summed E-state index contributed by atoms with van der Waals surface area (Å²) in [5, 5.41) is 0. The molecule has 0 fully saturated rings. The third-order valence-electron chi connectivity index (χ3n) is 16.6. The number of allylic oxidation sites excluding steroid dienone is 8. The molecule has 0 spiro atoms. The maximum Gasteiger partial charge on any atom is 0.306 e. The zero-order chi connectivity index (χ0) is 59.2. The summed E-state index contributed by atoms with van der Waals surface area (Å²) in [7, 11) is 0. The van der Waals surface area contributed by atoms with E-state index in [4.69, 9.17) is 14.2 Å². The SMILES string of the molecule is CC/C=C\C/C=C\C/C=C\C/C=C\CCC(=O)OCC(COC(=O)CCCCCCCCCCCCCCCCCCCCCCCCCCCCCCCCCCCC)OC(=O)CCCCCCCCCCCCCCCCCCC. The third-order valence-corrected chi connectivity index (χ3v) is 16.6. The fourth-order valence-corrected chi connectivity index (χ4v) is 11.2. The number of carbonyl (C=O) groups is 3. The van der Waals surface area contributed by atoms with Gasteiger partial charge >= 0.3 is 17.9 Å². The fourth-order valence-electron chi connectivity index (χ4n) is 11.2. The van der Waals surface area contributed by atoms with Gasteiger partial charge in [0.15, 0.2) is 6.10 Å². The highest BCUT2D eigenvalue weighted by Crippen LogP contribution is 2.19. The molecule has 0 rings (SSSR count). The first-order valence-corrected chi connectivity index (χ1v) is 36.6. The van der Waals surface area contributed by atoms with Crippen LogP contribution in [0.2, 0.25) is 0 Å². The highest BCUT2D eigenvalue weighted by Gasteiger charge is 2.19. The summed E-state index contributed by atoms with van der Waals surface area (Å²) in [4.78, 5) is 38.3. The van der Waals surface area contributed by atoms with Gasteiger partial charge in [-0.15, -0.1) is 0 Å². The topological polar surface area (TPSA) is 78.9 Å². The van der Waals surface area contributed by atoms with E-state index in [-0.39, 0.29) is 37.5 Å². The van der Waals surface area contributed by atoms with Gasteiger partial charge in [-0.2, -0.15) is 0 Å². The molecule has 0 heterocycles. The smallest absolute Gasteiger partial charge is 0.306 e. The molecule has 0 aromatic heterocycles. The third kappa shape index (κ3) is 68.2. The highest BCUT2D eigenvalue weighted by molar-refractivity contribution is 5.71. The average molecular weight is 1150 g/mol. The van der Waals surface area contributed by atoms with Gasteiger partial charge in [-0.25, -0.2) is 0 Å². The van der Waals surface area contributed by atoms with Crippen LogP contribution in [0.15, 0.2) is 48.6 Å². The van der Waals surface area contributed by atoms with Crippen LogP contribution in [0.3, 0.4) is 0 Å². The Morgan fingerprint density at radius 2 is 0.476 bits per heavy atom. The normalized spacial score (nSPS) is 12.3. The lowest BCUT2D eigenvalue weighted by atomic mass is 10.0. The average Bonchev–Trinajstić information content (AvgIpc) is 3.47. The van der Waals surface area contributed by atoms with Crippen molar-refractivity contribution in [2.24, 2.45) is 0 Å². The summed E-state index contributed by atoms with van der Waals surface area (Å²) in [5.41, 5.74) is 0. The first-order valence-electron chi connectivity index (χ1n) is 36.6. The Bertz CT molecular complexity index is 1410. The molecule has 0 aromatic carbocycles. The van der Waals surface area contributed by atoms with Crippen molar-refractivity contribution >= 4 is 17.9 Å². The van der Waals surface area contributed by atoms with Crippen molar-refractivity contribution in [2.75, 3.05) is 13.2 Å². The first kappa shape index (κ1) is 79.4. The maximum atomic E-state index is 12.9. The molecule has 480 valence electrons. The van der Waals surface area contributed by atoms with Crippen LogP contribution in [-0.2, 0) is 28.6 Å². The van der Waals surface area contributed by atoms with Crippen LogP contribution in [-0.4, -0.2) is 37.2 Å². The minimum atomic E-state index is -0.799. The summed E-state index contributed by atoms with van der Waals surface area (Å²) >= 11 is 0. The van der Waals surface area contributed by atoms with E-state index < -0.39 is 6.10 Å². The van der Waals surface area contributed by atoms with Crippen LogP contribution >= 0.6 is 0 Å². The van der Waals surface area contributed by atoms with Crippen LogP contribution in [0, 0.1) is 0 Å². The van der Waals surface area contributed by atoms with Crippen molar-refractivity contribution in [2.45, 2.75) is 406 Å². The van der Waals surface area contributed by atoms with E-state index >= 15 is 0 Å². The molecule has 0 aromatic rings.